The van der Waals surface area contributed by atoms with Gasteiger partial charge in [-0.3, -0.25) is 19.3 Å². The fraction of sp³-hybridized carbons (Fsp3) is 0.458. The van der Waals surface area contributed by atoms with Crippen LogP contribution in [0, 0.1) is 11.7 Å². The van der Waals surface area contributed by atoms with E-state index in [4.69, 9.17) is 16.3 Å². The maximum Gasteiger partial charge on any atom is 0.261 e. The van der Waals surface area contributed by atoms with Gasteiger partial charge in [-0.2, -0.15) is 0 Å². The summed E-state index contributed by atoms with van der Waals surface area (Å²) >= 11 is 7.08. The largest absolute Gasteiger partial charge is 0.370 e. The van der Waals surface area contributed by atoms with Crippen LogP contribution in [0.5, 0.6) is 0 Å². The highest BCUT2D eigenvalue weighted by Gasteiger charge is 2.28. The first kappa shape index (κ1) is 27.1. The first-order chi connectivity index (χ1) is 16.7. The van der Waals surface area contributed by atoms with E-state index in [-0.39, 0.29) is 36.6 Å². The topological polar surface area (TPSA) is 91.0 Å². The molecular weight excluding hydrogens is 495 g/mol. The van der Waals surface area contributed by atoms with Crippen LogP contribution < -0.4 is 15.5 Å². The van der Waals surface area contributed by atoms with Gasteiger partial charge in [-0.1, -0.05) is 32.4 Å². The summed E-state index contributed by atoms with van der Waals surface area (Å²) in [6, 6.07) is 6.79. The molecule has 1 aromatic heterocycles. The molecule has 1 aliphatic heterocycles. The fourth-order valence-electron chi connectivity index (χ4n) is 3.83. The van der Waals surface area contributed by atoms with Gasteiger partial charge in [0.05, 0.1) is 21.5 Å². The number of halogens is 2. The number of rotatable bonds is 10. The van der Waals surface area contributed by atoms with E-state index in [0.29, 0.717) is 41.1 Å². The average molecular weight is 525 g/mol. The number of benzene rings is 1. The van der Waals surface area contributed by atoms with Gasteiger partial charge >= 0.3 is 0 Å². The molecule has 8 nitrogen and oxygen atoms in total. The smallest absolute Gasteiger partial charge is 0.261 e. The number of hydrogen-bond acceptors (Lipinski definition) is 6. The van der Waals surface area contributed by atoms with Crippen LogP contribution in [0.1, 0.15) is 30.4 Å². The summed E-state index contributed by atoms with van der Waals surface area (Å²) in [5.41, 5.74) is 0.406. The van der Waals surface area contributed by atoms with Crippen molar-refractivity contribution in [2.75, 3.05) is 49.6 Å². The van der Waals surface area contributed by atoms with Crippen LogP contribution in [0.2, 0.25) is 4.34 Å². The quantitative estimate of drug-likeness (QED) is 0.495. The minimum atomic E-state index is -0.721. The summed E-state index contributed by atoms with van der Waals surface area (Å²) in [5.74, 6) is -1.39. The lowest BCUT2D eigenvalue weighted by atomic mass is 10.1. The van der Waals surface area contributed by atoms with E-state index < -0.39 is 17.8 Å². The average Bonchev–Trinajstić information content (AvgIpc) is 3.26. The van der Waals surface area contributed by atoms with Crippen LogP contribution in [-0.2, 0) is 14.3 Å². The van der Waals surface area contributed by atoms with Crippen LogP contribution in [0.4, 0.5) is 15.8 Å². The lowest BCUT2D eigenvalue weighted by Gasteiger charge is -2.31. The van der Waals surface area contributed by atoms with Crippen molar-refractivity contribution in [1.82, 2.24) is 10.2 Å². The van der Waals surface area contributed by atoms with Gasteiger partial charge in [-0.25, -0.2) is 4.39 Å². The van der Waals surface area contributed by atoms with Crippen LogP contribution in [0.15, 0.2) is 30.3 Å². The summed E-state index contributed by atoms with van der Waals surface area (Å²) in [4.78, 5) is 41.7. The van der Waals surface area contributed by atoms with Gasteiger partial charge in [-0.05, 0) is 42.8 Å². The second-order valence-electron chi connectivity index (χ2n) is 8.56. The Labute approximate surface area is 213 Å². The lowest BCUT2D eigenvalue weighted by Crippen LogP contribution is -2.51. The molecule has 1 atom stereocenters. The molecule has 3 rings (SSSR count). The van der Waals surface area contributed by atoms with E-state index in [1.54, 1.807) is 18.2 Å². The van der Waals surface area contributed by atoms with Gasteiger partial charge in [0.1, 0.15) is 18.5 Å². The maximum atomic E-state index is 14.9. The number of carbonyl (C=O) groups excluding carboxylic acids is 3. The third kappa shape index (κ3) is 7.23. The summed E-state index contributed by atoms with van der Waals surface area (Å²) in [5, 5.41) is 5.45. The number of likely N-dealkylation sites (N-methyl/N-ethyl adjacent to an activating group) is 1. The molecule has 1 saturated heterocycles. The van der Waals surface area contributed by atoms with Crippen LogP contribution in [0.25, 0.3) is 0 Å². The van der Waals surface area contributed by atoms with E-state index in [1.165, 1.54) is 17.0 Å². The lowest BCUT2D eigenvalue weighted by molar-refractivity contribution is -0.125. The van der Waals surface area contributed by atoms with Crippen LogP contribution >= 0.6 is 22.9 Å². The third-order valence-corrected chi connectivity index (χ3v) is 6.74. The minimum absolute atomic E-state index is 0.00132. The Morgan fingerprint density at radius 1 is 1.29 bits per heavy atom. The van der Waals surface area contributed by atoms with Crippen molar-refractivity contribution in [3.05, 3.63) is 45.4 Å². The molecule has 35 heavy (non-hydrogen) atoms. The Hall–Kier alpha value is -2.53. The summed E-state index contributed by atoms with van der Waals surface area (Å²) in [6.45, 7) is 7.90. The van der Waals surface area contributed by atoms with Gasteiger partial charge in [0.25, 0.3) is 11.8 Å². The van der Waals surface area contributed by atoms with E-state index in [9.17, 15) is 18.8 Å². The van der Waals surface area contributed by atoms with Gasteiger partial charge in [-0.15, -0.1) is 11.3 Å². The Morgan fingerprint density at radius 2 is 2.06 bits per heavy atom. The molecule has 11 heteroatoms. The zero-order valence-corrected chi connectivity index (χ0v) is 21.5. The number of hydrogen-bond donors (Lipinski definition) is 2. The van der Waals surface area contributed by atoms with E-state index in [2.05, 4.69) is 10.6 Å². The molecule has 0 spiro atoms. The van der Waals surface area contributed by atoms with Crippen LogP contribution in [0.3, 0.4) is 0 Å². The molecule has 0 saturated carbocycles. The SMILES string of the molecule is CCN(CC(C)C)[C@H](CNC(=O)c1ccc(Cl)s1)C(=O)Nc1ccc(N2CCOCC2=O)cc1F. The number of ether oxygens (including phenoxy) is 1. The monoisotopic (exact) mass is 524 g/mol. The number of amides is 3. The van der Waals surface area contributed by atoms with Crippen LogP contribution in [-0.4, -0.2) is 68.1 Å². The number of thiophene rings is 1. The molecule has 0 aliphatic carbocycles. The highest BCUT2D eigenvalue weighted by atomic mass is 35.5. The number of nitrogens with zero attached hydrogens (tertiary/aromatic N) is 2. The Balaban J connectivity index is 1.74. The summed E-state index contributed by atoms with van der Waals surface area (Å²) < 4.78 is 20.5. The van der Waals surface area contributed by atoms with Gasteiger partial charge in [0.15, 0.2) is 0 Å². The molecule has 190 valence electrons. The zero-order chi connectivity index (χ0) is 25.5. The standard InChI is InChI=1S/C24H30ClFN4O4S/c1-4-29(13-15(2)3)19(12-27-24(33)20-7-8-21(25)35-20)23(32)28-18-6-5-16(11-17(18)26)30-9-10-34-14-22(30)31/h5-8,11,15,19H,4,9-10,12-14H2,1-3H3,(H,27,33)(H,28,32)/t19-/m1/s1. The van der Waals surface area contributed by atoms with Crippen molar-refractivity contribution in [3.63, 3.8) is 0 Å². The second kappa shape index (κ2) is 12.4. The van der Waals surface area contributed by atoms with E-state index >= 15 is 0 Å². The highest BCUT2D eigenvalue weighted by molar-refractivity contribution is 7.18. The van der Waals surface area contributed by atoms with E-state index in [1.807, 2.05) is 25.7 Å². The van der Waals surface area contributed by atoms with Crippen molar-refractivity contribution >= 4 is 52.0 Å². The number of anilines is 2. The molecule has 1 aromatic carbocycles. The second-order valence-corrected chi connectivity index (χ2v) is 10.3. The van der Waals surface area contributed by atoms with Crippen molar-refractivity contribution in [1.29, 1.82) is 0 Å². The Kier molecular flexibility index (Phi) is 9.62. The molecule has 0 bridgehead atoms. The van der Waals surface area contributed by atoms with Crippen molar-refractivity contribution in [3.8, 4) is 0 Å². The van der Waals surface area contributed by atoms with Gasteiger partial charge in [0, 0.05) is 25.3 Å². The first-order valence-electron chi connectivity index (χ1n) is 11.5. The zero-order valence-electron chi connectivity index (χ0n) is 20.0. The normalized spacial score (nSPS) is 14.9. The van der Waals surface area contributed by atoms with E-state index in [0.717, 1.165) is 11.3 Å². The van der Waals surface area contributed by atoms with Crippen molar-refractivity contribution in [2.45, 2.75) is 26.8 Å². The third-order valence-electron chi connectivity index (χ3n) is 5.51. The molecule has 2 N–H and O–H groups in total. The molecule has 2 aromatic rings. The number of carbonyl (C=O) groups is 3. The Morgan fingerprint density at radius 3 is 2.66 bits per heavy atom. The Bertz CT molecular complexity index is 1060. The number of morpholine rings is 1. The van der Waals surface area contributed by atoms with Gasteiger partial charge < -0.3 is 20.3 Å². The molecule has 2 heterocycles. The molecular formula is C24H30ClFN4O4S. The maximum absolute atomic E-state index is 14.9. The first-order valence-corrected chi connectivity index (χ1v) is 12.6. The molecule has 0 unspecified atom stereocenters. The van der Waals surface area contributed by atoms with Crippen molar-refractivity contribution in [2.24, 2.45) is 5.92 Å². The summed E-state index contributed by atoms with van der Waals surface area (Å²) in [7, 11) is 0. The predicted molar refractivity (Wildman–Crippen MR) is 136 cm³/mol. The molecule has 1 fully saturated rings. The highest BCUT2D eigenvalue weighted by Crippen LogP contribution is 2.24. The summed E-state index contributed by atoms with van der Waals surface area (Å²) in [6.07, 6.45) is 0. The van der Waals surface area contributed by atoms with Gasteiger partial charge in [0.2, 0.25) is 5.91 Å². The number of nitrogens with one attached hydrogen (secondary N) is 2. The fourth-order valence-corrected chi connectivity index (χ4v) is 4.79. The molecule has 3 amide bonds. The molecule has 1 aliphatic rings. The minimum Gasteiger partial charge on any atom is -0.370 e. The molecule has 0 radical (unpaired) electrons. The predicted octanol–water partition coefficient (Wildman–Crippen LogP) is 3.62. The van der Waals surface area contributed by atoms with Crippen molar-refractivity contribution < 1.29 is 23.5 Å².